The van der Waals surface area contributed by atoms with Gasteiger partial charge in [0.15, 0.2) is 0 Å². The third kappa shape index (κ3) is 3.11. The minimum absolute atomic E-state index is 0.000686. The van der Waals surface area contributed by atoms with E-state index in [0.717, 1.165) is 18.4 Å². The summed E-state index contributed by atoms with van der Waals surface area (Å²) in [6, 6.07) is 3.31. The molecule has 0 radical (unpaired) electrons. The van der Waals surface area contributed by atoms with Crippen LogP contribution < -0.4 is 5.32 Å². The lowest BCUT2D eigenvalue weighted by Crippen LogP contribution is -2.01. The number of furan rings is 1. The van der Waals surface area contributed by atoms with Crippen molar-refractivity contribution in [3.63, 3.8) is 0 Å². The summed E-state index contributed by atoms with van der Waals surface area (Å²) in [5.41, 5.74) is -0.0340. The van der Waals surface area contributed by atoms with Crippen molar-refractivity contribution in [3.05, 3.63) is 51.9 Å². The van der Waals surface area contributed by atoms with Crippen LogP contribution in [0.25, 0.3) is 0 Å². The monoisotopic (exact) mass is 331 g/mol. The second-order valence-corrected chi connectivity index (χ2v) is 4.56. The summed E-state index contributed by atoms with van der Waals surface area (Å²) in [4.78, 5) is 10.6. The lowest BCUT2D eigenvalue weighted by molar-refractivity contribution is 0.0696. The van der Waals surface area contributed by atoms with Crippen LogP contribution >= 0.6 is 15.9 Å². The van der Waals surface area contributed by atoms with Gasteiger partial charge >= 0.3 is 5.97 Å². The number of hydrogen-bond donors (Lipinski definition) is 2. The number of carbonyl (C=O) groups is 1. The van der Waals surface area contributed by atoms with E-state index in [1.54, 1.807) is 0 Å². The second kappa shape index (κ2) is 5.40. The molecule has 1 aromatic carbocycles. The average Bonchev–Trinajstić information content (AvgIpc) is 2.81. The molecule has 0 bridgehead atoms. The van der Waals surface area contributed by atoms with E-state index >= 15 is 0 Å². The Bertz CT molecular complexity index is 627. The van der Waals surface area contributed by atoms with Gasteiger partial charge in [-0.3, -0.25) is 0 Å². The first-order chi connectivity index (χ1) is 8.97. The average molecular weight is 332 g/mol. The van der Waals surface area contributed by atoms with Crippen molar-refractivity contribution in [2.45, 2.75) is 6.54 Å². The van der Waals surface area contributed by atoms with E-state index in [-0.39, 0.29) is 22.3 Å². The maximum Gasteiger partial charge on any atom is 0.338 e. The molecular weight excluding hydrogens is 324 g/mol. The van der Waals surface area contributed by atoms with Gasteiger partial charge < -0.3 is 14.8 Å². The summed E-state index contributed by atoms with van der Waals surface area (Å²) in [5.74, 6) is -2.04. The first kappa shape index (κ1) is 13.5. The first-order valence-corrected chi connectivity index (χ1v) is 5.96. The molecular formula is C12H8BrF2NO3. The Kier molecular flexibility index (Phi) is 3.84. The molecule has 100 valence electrons. The lowest BCUT2D eigenvalue weighted by atomic mass is 10.2. The van der Waals surface area contributed by atoms with Gasteiger partial charge in [-0.2, -0.15) is 0 Å². The van der Waals surface area contributed by atoms with Gasteiger partial charge in [0.1, 0.15) is 23.7 Å². The van der Waals surface area contributed by atoms with E-state index in [2.05, 4.69) is 21.2 Å². The number of benzene rings is 1. The lowest BCUT2D eigenvalue weighted by Gasteiger charge is -2.06. The van der Waals surface area contributed by atoms with Crippen LogP contribution in [0.5, 0.6) is 0 Å². The molecule has 1 heterocycles. The number of carboxylic acid groups (broad SMARTS) is 1. The first-order valence-electron chi connectivity index (χ1n) is 5.16. The predicted octanol–water partition coefficient (Wildman–Crippen LogP) is 3.63. The number of hydrogen-bond acceptors (Lipinski definition) is 3. The maximum atomic E-state index is 13.5. The minimum Gasteiger partial charge on any atom is -0.478 e. The zero-order valence-electron chi connectivity index (χ0n) is 9.41. The number of rotatable bonds is 4. The molecule has 0 spiro atoms. The third-order valence-electron chi connectivity index (χ3n) is 2.36. The zero-order chi connectivity index (χ0) is 14.0. The van der Waals surface area contributed by atoms with Gasteiger partial charge in [0, 0.05) is 6.07 Å². The fraction of sp³-hybridized carbons (Fsp3) is 0.0833. The fourth-order valence-corrected chi connectivity index (χ4v) is 1.74. The van der Waals surface area contributed by atoms with Crippen LogP contribution in [0, 0.1) is 11.6 Å². The molecule has 2 N–H and O–H groups in total. The summed E-state index contributed by atoms with van der Waals surface area (Å²) in [6.45, 7) is 0.0469. The highest BCUT2D eigenvalue weighted by Crippen LogP contribution is 2.23. The van der Waals surface area contributed by atoms with Gasteiger partial charge in [0.2, 0.25) is 0 Å². The zero-order valence-corrected chi connectivity index (χ0v) is 11.0. The number of halogens is 3. The SMILES string of the molecule is O=C(O)c1coc(CNc2cc(F)c(Br)cc2F)c1. The van der Waals surface area contributed by atoms with Crippen molar-refractivity contribution < 1.29 is 23.1 Å². The van der Waals surface area contributed by atoms with E-state index in [1.165, 1.54) is 6.07 Å². The van der Waals surface area contributed by atoms with Crippen LogP contribution in [0.15, 0.2) is 33.4 Å². The molecule has 0 aliphatic carbocycles. The molecule has 7 heteroatoms. The van der Waals surface area contributed by atoms with Gasteiger partial charge in [-0.05, 0) is 28.1 Å². The van der Waals surface area contributed by atoms with E-state index in [1.807, 2.05) is 0 Å². The van der Waals surface area contributed by atoms with Gasteiger partial charge in [-0.25, -0.2) is 13.6 Å². The Morgan fingerprint density at radius 3 is 2.68 bits per heavy atom. The van der Waals surface area contributed by atoms with Crippen LogP contribution in [0.1, 0.15) is 16.1 Å². The summed E-state index contributed by atoms with van der Waals surface area (Å²) >= 11 is 2.87. The van der Waals surface area contributed by atoms with E-state index in [9.17, 15) is 13.6 Å². The summed E-state index contributed by atoms with van der Waals surface area (Å²) < 4.78 is 31.7. The second-order valence-electron chi connectivity index (χ2n) is 3.71. The highest BCUT2D eigenvalue weighted by molar-refractivity contribution is 9.10. The van der Waals surface area contributed by atoms with E-state index in [4.69, 9.17) is 9.52 Å². The number of anilines is 1. The van der Waals surface area contributed by atoms with Gasteiger partial charge in [0.05, 0.1) is 22.3 Å². The molecule has 0 saturated carbocycles. The molecule has 2 rings (SSSR count). The molecule has 0 amide bonds. The van der Waals surface area contributed by atoms with E-state index in [0.29, 0.717) is 5.76 Å². The summed E-state index contributed by atoms with van der Waals surface area (Å²) in [7, 11) is 0. The molecule has 0 unspecified atom stereocenters. The van der Waals surface area contributed by atoms with Crippen LogP contribution in [-0.4, -0.2) is 11.1 Å². The van der Waals surface area contributed by atoms with Crippen molar-refractivity contribution in [3.8, 4) is 0 Å². The predicted molar refractivity (Wildman–Crippen MR) is 67.1 cm³/mol. The normalized spacial score (nSPS) is 10.5. The Morgan fingerprint density at radius 2 is 2.05 bits per heavy atom. The van der Waals surface area contributed by atoms with E-state index < -0.39 is 17.6 Å². The van der Waals surface area contributed by atoms with Gasteiger partial charge in [0.25, 0.3) is 0 Å². The Hall–Kier alpha value is -1.89. The fourth-order valence-electron chi connectivity index (χ4n) is 1.43. The highest BCUT2D eigenvalue weighted by Gasteiger charge is 2.11. The molecule has 0 saturated heterocycles. The molecule has 19 heavy (non-hydrogen) atoms. The smallest absolute Gasteiger partial charge is 0.338 e. The molecule has 4 nitrogen and oxygen atoms in total. The summed E-state index contributed by atoms with van der Waals surface area (Å²) in [6.07, 6.45) is 1.08. The number of nitrogens with one attached hydrogen (secondary N) is 1. The van der Waals surface area contributed by atoms with Gasteiger partial charge in [-0.15, -0.1) is 0 Å². The van der Waals surface area contributed by atoms with Crippen LogP contribution in [0.2, 0.25) is 0 Å². The Balaban J connectivity index is 2.09. The maximum absolute atomic E-state index is 13.5. The molecule has 1 aromatic heterocycles. The van der Waals surface area contributed by atoms with Crippen molar-refractivity contribution in [1.82, 2.24) is 0 Å². The largest absolute Gasteiger partial charge is 0.478 e. The van der Waals surface area contributed by atoms with Crippen molar-refractivity contribution in [2.24, 2.45) is 0 Å². The standard InChI is InChI=1S/C12H8BrF2NO3/c13-8-2-10(15)11(3-9(8)14)16-4-7-1-6(5-19-7)12(17)18/h1-3,5,16H,4H2,(H,17,18). The molecule has 0 atom stereocenters. The van der Waals surface area contributed by atoms with Crippen LogP contribution in [0.4, 0.5) is 14.5 Å². The topological polar surface area (TPSA) is 62.5 Å². The Labute approximate surface area is 115 Å². The molecule has 0 fully saturated rings. The minimum atomic E-state index is -1.11. The molecule has 0 aliphatic heterocycles. The summed E-state index contributed by atoms with van der Waals surface area (Å²) in [5, 5.41) is 11.3. The van der Waals surface area contributed by atoms with Crippen molar-refractivity contribution in [2.75, 3.05) is 5.32 Å². The van der Waals surface area contributed by atoms with Crippen molar-refractivity contribution in [1.29, 1.82) is 0 Å². The number of carboxylic acids is 1. The molecule has 2 aromatic rings. The Morgan fingerprint density at radius 1 is 1.32 bits per heavy atom. The van der Waals surface area contributed by atoms with Crippen LogP contribution in [0.3, 0.4) is 0 Å². The van der Waals surface area contributed by atoms with Crippen molar-refractivity contribution >= 4 is 27.6 Å². The van der Waals surface area contributed by atoms with Gasteiger partial charge in [-0.1, -0.05) is 0 Å². The highest BCUT2D eigenvalue weighted by atomic mass is 79.9. The quantitative estimate of drug-likeness (QED) is 0.840. The number of aromatic carboxylic acids is 1. The third-order valence-corrected chi connectivity index (χ3v) is 2.97. The molecule has 0 aliphatic rings. The van der Waals surface area contributed by atoms with Crippen LogP contribution in [-0.2, 0) is 6.54 Å².